The number of carbonyl (C=O) groups is 1. The molecule has 164 valence electrons. The van der Waals surface area contributed by atoms with E-state index in [1.807, 2.05) is 43.4 Å². The van der Waals surface area contributed by atoms with Crippen LogP contribution in [-0.4, -0.2) is 55.8 Å². The van der Waals surface area contributed by atoms with E-state index in [1.54, 1.807) is 18.1 Å². The van der Waals surface area contributed by atoms with Gasteiger partial charge in [-0.05, 0) is 55.9 Å². The van der Waals surface area contributed by atoms with Gasteiger partial charge < -0.3 is 19.6 Å². The molecule has 1 amide bonds. The SMILES string of the molecule is Br.CCCN(C)CCN1C(=O)[C@H](O)[C@H](c2ccc(OC)cc2)Sc2cc(Cl)ccc21. The first kappa shape index (κ1) is 25.0. The van der Waals surface area contributed by atoms with Crippen molar-refractivity contribution >= 4 is 51.9 Å². The Balaban J connectivity index is 0.00000320. The summed E-state index contributed by atoms with van der Waals surface area (Å²) < 4.78 is 5.23. The van der Waals surface area contributed by atoms with Crippen LogP contribution in [0.5, 0.6) is 5.75 Å². The van der Waals surface area contributed by atoms with E-state index < -0.39 is 11.4 Å². The largest absolute Gasteiger partial charge is 0.497 e. The van der Waals surface area contributed by atoms with Crippen molar-refractivity contribution in [3.05, 3.63) is 53.1 Å². The number of carbonyl (C=O) groups excluding carboxylic acids is 1. The van der Waals surface area contributed by atoms with E-state index in [0.717, 1.165) is 41.4 Å². The summed E-state index contributed by atoms with van der Waals surface area (Å²) in [5, 5.41) is 11.2. The van der Waals surface area contributed by atoms with Gasteiger partial charge in [-0.3, -0.25) is 4.79 Å². The second-order valence-electron chi connectivity index (χ2n) is 7.16. The molecule has 0 aromatic heterocycles. The maximum Gasteiger partial charge on any atom is 0.257 e. The zero-order valence-electron chi connectivity index (χ0n) is 17.4. The van der Waals surface area contributed by atoms with Gasteiger partial charge in [0.15, 0.2) is 0 Å². The van der Waals surface area contributed by atoms with Crippen molar-refractivity contribution in [2.45, 2.75) is 29.6 Å². The first-order chi connectivity index (χ1) is 13.9. The smallest absolute Gasteiger partial charge is 0.257 e. The summed E-state index contributed by atoms with van der Waals surface area (Å²) in [5.41, 5.74) is 1.66. The Kier molecular flexibility index (Phi) is 9.50. The molecule has 3 rings (SSSR count). The highest BCUT2D eigenvalue weighted by Crippen LogP contribution is 2.46. The van der Waals surface area contributed by atoms with Gasteiger partial charge in [0.1, 0.15) is 11.9 Å². The Morgan fingerprint density at radius 2 is 1.90 bits per heavy atom. The molecule has 0 fully saturated rings. The third-order valence-corrected chi connectivity index (χ3v) is 6.63. The summed E-state index contributed by atoms with van der Waals surface area (Å²) in [5.74, 6) is 0.446. The van der Waals surface area contributed by atoms with E-state index in [4.69, 9.17) is 16.3 Å². The van der Waals surface area contributed by atoms with E-state index in [0.29, 0.717) is 11.6 Å². The molecular formula is C22H28BrClN2O3S. The van der Waals surface area contributed by atoms with Crippen molar-refractivity contribution in [2.24, 2.45) is 0 Å². The summed E-state index contributed by atoms with van der Waals surface area (Å²) in [7, 11) is 3.65. The van der Waals surface area contributed by atoms with Crippen LogP contribution < -0.4 is 9.64 Å². The monoisotopic (exact) mass is 514 g/mol. The number of aliphatic hydroxyl groups excluding tert-OH is 1. The summed E-state index contributed by atoms with van der Waals surface area (Å²) in [6, 6.07) is 13.0. The number of benzene rings is 2. The number of hydrogen-bond acceptors (Lipinski definition) is 5. The van der Waals surface area contributed by atoms with Gasteiger partial charge in [0.25, 0.3) is 5.91 Å². The number of likely N-dealkylation sites (N-methyl/N-ethyl adjacent to an activating group) is 1. The Morgan fingerprint density at radius 3 is 2.53 bits per heavy atom. The average molecular weight is 516 g/mol. The van der Waals surface area contributed by atoms with Crippen LogP contribution in [0, 0.1) is 0 Å². The van der Waals surface area contributed by atoms with Crippen LogP contribution in [0.4, 0.5) is 5.69 Å². The molecule has 0 saturated carbocycles. The second kappa shape index (κ2) is 11.4. The fourth-order valence-electron chi connectivity index (χ4n) is 3.45. The number of aliphatic hydroxyl groups is 1. The third kappa shape index (κ3) is 5.71. The van der Waals surface area contributed by atoms with Crippen molar-refractivity contribution in [1.29, 1.82) is 0 Å². The van der Waals surface area contributed by atoms with Gasteiger partial charge in [0.05, 0.1) is 18.0 Å². The molecule has 0 spiro atoms. The first-order valence-corrected chi connectivity index (χ1v) is 11.0. The average Bonchev–Trinajstić information content (AvgIpc) is 2.82. The fourth-order valence-corrected chi connectivity index (χ4v) is 5.00. The Morgan fingerprint density at radius 1 is 1.20 bits per heavy atom. The Bertz CT molecular complexity index is 853. The van der Waals surface area contributed by atoms with E-state index in [-0.39, 0.29) is 22.9 Å². The molecule has 1 heterocycles. The van der Waals surface area contributed by atoms with Crippen molar-refractivity contribution < 1.29 is 14.6 Å². The summed E-state index contributed by atoms with van der Waals surface area (Å²) in [6.07, 6.45) is -0.106. The maximum atomic E-state index is 13.3. The molecule has 1 aliphatic rings. The fraction of sp³-hybridized carbons (Fsp3) is 0.409. The van der Waals surface area contributed by atoms with Crippen LogP contribution >= 0.6 is 40.3 Å². The molecule has 8 heteroatoms. The lowest BCUT2D eigenvalue weighted by Gasteiger charge is -2.27. The predicted octanol–water partition coefficient (Wildman–Crippen LogP) is 4.81. The Hall–Kier alpha value is -1.25. The summed E-state index contributed by atoms with van der Waals surface area (Å²) in [6.45, 7) is 4.33. The minimum atomic E-state index is -1.16. The normalized spacial score (nSPS) is 18.6. The number of halogens is 2. The van der Waals surface area contributed by atoms with Gasteiger partial charge in [-0.2, -0.15) is 0 Å². The van der Waals surface area contributed by atoms with Crippen molar-refractivity contribution in [1.82, 2.24) is 4.90 Å². The van der Waals surface area contributed by atoms with E-state index in [2.05, 4.69) is 11.8 Å². The van der Waals surface area contributed by atoms with Crippen LogP contribution in [0.15, 0.2) is 47.4 Å². The number of anilines is 1. The number of rotatable bonds is 7. The lowest BCUT2D eigenvalue weighted by molar-refractivity contribution is -0.126. The molecule has 0 aliphatic carbocycles. The molecule has 0 bridgehead atoms. The zero-order chi connectivity index (χ0) is 21.0. The molecule has 1 N–H and O–H groups in total. The zero-order valence-corrected chi connectivity index (χ0v) is 20.7. The van der Waals surface area contributed by atoms with Crippen LogP contribution in [0.2, 0.25) is 5.02 Å². The third-order valence-electron chi connectivity index (χ3n) is 5.03. The number of hydrogen-bond donors (Lipinski definition) is 1. The maximum absolute atomic E-state index is 13.3. The standard InChI is InChI=1S/C22H27ClN2O3S.BrH/c1-4-11-24(2)12-13-25-18-10-7-16(23)14-19(18)29-21(20(26)22(25)27)15-5-8-17(28-3)9-6-15;/h5-10,14,20-21,26H,4,11-13H2,1-3H3;1H/t20-,21+;/m1./s1. The minimum Gasteiger partial charge on any atom is -0.497 e. The topological polar surface area (TPSA) is 53.0 Å². The first-order valence-electron chi connectivity index (χ1n) is 9.72. The highest BCUT2D eigenvalue weighted by molar-refractivity contribution is 8.93. The van der Waals surface area contributed by atoms with Gasteiger partial charge >= 0.3 is 0 Å². The van der Waals surface area contributed by atoms with Crippen LogP contribution in [-0.2, 0) is 4.79 Å². The van der Waals surface area contributed by atoms with E-state index in [1.165, 1.54) is 11.8 Å². The summed E-state index contributed by atoms with van der Waals surface area (Å²) in [4.78, 5) is 18.0. The second-order valence-corrected chi connectivity index (χ2v) is 8.78. The summed E-state index contributed by atoms with van der Waals surface area (Å²) >= 11 is 7.72. The lowest BCUT2D eigenvalue weighted by atomic mass is 10.1. The molecule has 2 aromatic carbocycles. The van der Waals surface area contributed by atoms with Gasteiger partial charge in [-0.25, -0.2) is 0 Å². The number of fused-ring (bicyclic) bond motifs is 1. The predicted molar refractivity (Wildman–Crippen MR) is 130 cm³/mol. The Labute approximate surface area is 198 Å². The lowest BCUT2D eigenvalue weighted by Crippen LogP contribution is -2.43. The molecular weight excluding hydrogens is 488 g/mol. The van der Waals surface area contributed by atoms with Crippen molar-refractivity contribution in [3.63, 3.8) is 0 Å². The van der Waals surface area contributed by atoms with Crippen molar-refractivity contribution in [2.75, 3.05) is 38.7 Å². The van der Waals surface area contributed by atoms with Crippen LogP contribution in [0.1, 0.15) is 24.2 Å². The molecule has 0 saturated heterocycles. The number of nitrogens with zero attached hydrogens (tertiary/aromatic N) is 2. The molecule has 5 nitrogen and oxygen atoms in total. The molecule has 0 unspecified atom stereocenters. The van der Waals surface area contributed by atoms with Crippen molar-refractivity contribution in [3.8, 4) is 5.75 Å². The van der Waals surface area contributed by atoms with E-state index >= 15 is 0 Å². The van der Waals surface area contributed by atoms with Gasteiger partial charge in [-0.15, -0.1) is 28.7 Å². The minimum absolute atomic E-state index is 0. The van der Waals surface area contributed by atoms with Gasteiger partial charge in [-0.1, -0.05) is 30.7 Å². The van der Waals surface area contributed by atoms with E-state index in [9.17, 15) is 9.90 Å². The number of ether oxygens (including phenoxy) is 1. The highest BCUT2D eigenvalue weighted by atomic mass is 79.9. The molecule has 0 radical (unpaired) electrons. The van der Waals surface area contributed by atoms with Gasteiger partial charge in [0, 0.05) is 23.0 Å². The highest BCUT2D eigenvalue weighted by Gasteiger charge is 2.37. The number of amides is 1. The molecule has 2 aromatic rings. The molecule has 1 aliphatic heterocycles. The number of thioether (sulfide) groups is 1. The molecule has 30 heavy (non-hydrogen) atoms. The van der Waals surface area contributed by atoms with Gasteiger partial charge in [0.2, 0.25) is 0 Å². The number of methoxy groups -OCH3 is 1. The quantitative estimate of drug-likeness (QED) is 0.573. The van der Waals surface area contributed by atoms with Crippen LogP contribution in [0.3, 0.4) is 0 Å². The van der Waals surface area contributed by atoms with Crippen LogP contribution in [0.25, 0.3) is 0 Å². The molecule has 2 atom stereocenters.